The zero-order valence-corrected chi connectivity index (χ0v) is 14.0. The predicted molar refractivity (Wildman–Crippen MR) is 86.7 cm³/mol. The smallest absolute Gasteiger partial charge is 0.266 e. The summed E-state index contributed by atoms with van der Waals surface area (Å²) < 4.78 is 25.4. The lowest BCUT2D eigenvalue weighted by molar-refractivity contribution is 0.174. The molecule has 0 aliphatic carbocycles. The van der Waals surface area contributed by atoms with E-state index in [0.29, 0.717) is 35.6 Å². The number of sulfone groups is 1. The van der Waals surface area contributed by atoms with Crippen molar-refractivity contribution in [2.45, 2.75) is 11.3 Å². The van der Waals surface area contributed by atoms with E-state index in [9.17, 15) is 13.2 Å². The Hall–Kier alpha value is -2.06. The van der Waals surface area contributed by atoms with Crippen LogP contribution in [0.1, 0.15) is 12.0 Å². The molecule has 0 unspecified atom stereocenters. The van der Waals surface area contributed by atoms with Crippen LogP contribution in [0.15, 0.2) is 33.0 Å². The van der Waals surface area contributed by atoms with Gasteiger partial charge in [-0.15, -0.1) is 0 Å². The number of hydrogen-bond donors (Lipinski definition) is 1. The van der Waals surface area contributed by atoms with Gasteiger partial charge in [-0.3, -0.25) is 14.6 Å². The standard InChI is InChI=1S/C14H14ClN3O4S/c1-18-12(19)7-10(16-18)8-3-4-11(23(2,20)21)13(14(8)15)9-5-6-22-17-9/h3-4,7,16H,5-6H2,1-2H3. The Bertz CT molecular complexity index is 972. The molecule has 0 bridgehead atoms. The van der Waals surface area contributed by atoms with Crippen LogP contribution in [-0.2, 0) is 21.7 Å². The number of benzene rings is 1. The molecule has 23 heavy (non-hydrogen) atoms. The summed E-state index contributed by atoms with van der Waals surface area (Å²) in [5.74, 6) is 0. The Balaban J connectivity index is 2.29. The van der Waals surface area contributed by atoms with Gasteiger partial charge in [0.05, 0.1) is 21.3 Å². The van der Waals surface area contributed by atoms with Crippen LogP contribution in [0.3, 0.4) is 0 Å². The van der Waals surface area contributed by atoms with Crippen molar-refractivity contribution in [2.24, 2.45) is 12.2 Å². The zero-order valence-electron chi connectivity index (χ0n) is 12.5. The molecule has 3 rings (SSSR count). The molecule has 0 amide bonds. The van der Waals surface area contributed by atoms with Gasteiger partial charge in [-0.05, 0) is 12.1 Å². The van der Waals surface area contributed by atoms with Crippen molar-refractivity contribution >= 4 is 27.1 Å². The van der Waals surface area contributed by atoms with Crippen LogP contribution < -0.4 is 5.56 Å². The second kappa shape index (κ2) is 5.54. The van der Waals surface area contributed by atoms with Crippen LogP contribution in [0.4, 0.5) is 0 Å². The topological polar surface area (TPSA) is 93.5 Å². The van der Waals surface area contributed by atoms with E-state index in [1.165, 1.54) is 16.8 Å². The first-order valence-corrected chi connectivity index (χ1v) is 9.04. The van der Waals surface area contributed by atoms with Crippen molar-refractivity contribution in [1.82, 2.24) is 9.78 Å². The molecule has 0 radical (unpaired) electrons. The quantitative estimate of drug-likeness (QED) is 0.904. The van der Waals surface area contributed by atoms with Crippen molar-refractivity contribution in [1.29, 1.82) is 0 Å². The third-order valence-electron chi connectivity index (χ3n) is 3.57. The normalized spacial score (nSPS) is 14.7. The highest BCUT2D eigenvalue weighted by atomic mass is 35.5. The summed E-state index contributed by atoms with van der Waals surface area (Å²) >= 11 is 6.46. The number of aromatic nitrogens is 2. The van der Waals surface area contributed by atoms with E-state index in [4.69, 9.17) is 16.4 Å². The average molecular weight is 356 g/mol. The molecule has 7 nitrogen and oxygen atoms in total. The largest absolute Gasteiger partial charge is 0.395 e. The predicted octanol–water partition coefficient (Wildman–Crippen LogP) is 1.56. The highest BCUT2D eigenvalue weighted by molar-refractivity contribution is 7.90. The third-order valence-corrected chi connectivity index (χ3v) is 5.11. The van der Waals surface area contributed by atoms with Crippen LogP contribution >= 0.6 is 11.6 Å². The first kappa shape index (κ1) is 15.8. The van der Waals surface area contributed by atoms with Gasteiger partial charge in [-0.1, -0.05) is 16.8 Å². The molecule has 0 saturated heterocycles. The van der Waals surface area contributed by atoms with Crippen LogP contribution in [0, 0.1) is 0 Å². The summed E-state index contributed by atoms with van der Waals surface area (Å²) in [6.45, 7) is 0.376. The molecule has 122 valence electrons. The molecule has 1 aromatic carbocycles. The molecule has 0 saturated carbocycles. The fourth-order valence-corrected chi connectivity index (χ4v) is 3.79. The summed E-state index contributed by atoms with van der Waals surface area (Å²) in [7, 11) is -1.91. The van der Waals surface area contributed by atoms with E-state index in [-0.39, 0.29) is 15.5 Å². The first-order chi connectivity index (χ1) is 10.8. The van der Waals surface area contributed by atoms with Crippen LogP contribution in [0.25, 0.3) is 11.3 Å². The lowest BCUT2D eigenvalue weighted by Crippen LogP contribution is -2.10. The molecular formula is C14H14ClN3O4S. The Labute approximate surface area is 137 Å². The number of oxime groups is 1. The van der Waals surface area contributed by atoms with Crippen molar-refractivity contribution in [2.75, 3.05) is 12.9 Å². The molecule has 2 aromatic rings. The monoisotopic (exact) mass is 355 g/mol. The van der Waals surface area contributed by atoms with E-state index in [2.05, 4.69) is 10.3 Å². The summed E-state index contributed by atoms with van der Waals surface area (Å²) in [6, 6.07) is 4.44. The second-order valence-electron chi connectivity index (χ2n) is 5.26. The minimum Gasteiger partial charge on any atom is -0.395 e. The van der Waals surface area contributed by atoms with Gasteiger partial charge in [0.2, 0.25) is 0 Å². The summed E-state index contributed by atoms with van der Waals surface area (Å²) in [4.78, 5) is 16.7. The second-order valence-corrected chi connectivity index (χ2v) is 7.62. The first-order valence-electron chi connectivity index (χ1n) is 6.77. The number of H-pyrrole nitrogens is 1. The van der Waals surface area contributed by atoms with E-state index in [0.717, 1.165) is 6.26 Å². The summed E-state index contributed by atoms with van der Waals surface area (Å²) in [5, 5.41) is 6.99. The molecule has 0 spiro atoms. The molecule has 0 atom stereocenters. The van der Waals surface area contributed by atoms with E-state index < -0.39 is 9.84 Å². The van der Waals surface area contributed by atoms with Gasteiger partial charge in [0.1, 0.15) is 6.61 Å². The average Bonchev–Trinajstić information content (AvgIpc) is 3.08. The highest BCUT2D eigenvalue weighted by Gasteiger charge is 2.25. The maximum absolute atomic E-state index is 12.1. The maximum Gasteiger partial charge on any atom is 0.266 e. The van der Waals surface area contributed by atoms with Crippen molar-refractivity contribution in [3.63, 3.8) is 0 Å². The summed E-state index contributed by atoms with van der Waals surface area (Å²) in [6.07, 6.45) is 1.58. The van der Waals surface area contributed by atoms with Gasteiger partial charge in [0.15, 0.2) is 9.84 Å². The molecule has 1 aliphatic rings. The number of aryl methyl sites for hydroxylation is 1. The fourth-order valence-electron chi connectivity index (χ4n) is 2.45. The van der Waals surface area contributed by atoms with E-state index in [1.807, 2.05) is 0 Å². The van der Waals surface area contributed by atoms with Gasteiger partial charge >= 0.3 is 0 Å². The summed E-state index contributed by atoms with van der Waals surface area (Å²) in [5.41, 5.74) is 1.63. The minimum atomic E-state index is -3.49. The molecule has 1 aromatic heterocycles. The molecule has 1 aliphatic heterocycles. The van der Waals surface area contributed by atoms with Gasteiger partial charge in [-0.2, -0.15) is 0 Å². The van der Waals surface area contributed by atoms with Crippen molar-refractivity contribution in [3.8, 4) is 11.3 Å². The highest BCUT2D eigenvalue weighted by Crippen LogP contribution is 2.35. The SMILES string of the molecule is Cn1[nH]c(-c2ccc(S(C)(=O)=O)c(C3=NOCC3)c2Cl)cc1=O. The van der Waals surface area contributed by atoms with Crippen LogP contribution in [0.5, 0.6) is 0 Å². The molecule has 9 heteroatoms. The van der Waals surface area contributed by atoms with Crippen LogP contribution in [0.2, 0.25) is 5.02 Å². The Morgan fingerprint density at radius 1 is 1.39 bits per heavy atom. The van der Waals surface area contributed by atoms with Gasteiger partial charge < -0.3 is 4.84 Å². The number of halogens is 1. The number of rotatable bonds is 3. The van der Waals surface area contributed by atoms with Gasteiger partial charge in [0, 0.05) is 36.9 Å². The lowest BCUT2D eigenvalue weighted by Gasteiger charge is -2.12. The van der Waals surface area contributed by atoms with Crippen molar-refractivity contribution in [3.05, 3.63) is 39.1 Å². The van der Waals surface area contributed by atoms with Gasteiger partial charge in [-0.25, -0.2) is 8.42 Å². The zero-order chi connectivity index (χ0) is 16.8. The number of hydrogen-bond acceptors (Lipinski definition) is 5. The maximum atomic E-state index is 12.1. The molecule has 1 N–H and O–H groups in total. The lowest BCUT2D eigenvalue weighted by atomic mass is 10.0. The fraction of sp³-hybridized carbons (Fsp3) is 0.286. The number of nitrogens with one attached hydrogen (secondary N) is 1. The van der Waals surface area contributed by atoms with Crippen LogP contribution in [-0.4, -0.2) is 36.8 Å². The Kier molecular flexibility index (Phi) is 3.81. The van der Waals surface area contributed by atoms with Crippen molar-refractivity contribution < 1.29 is 13.3 Å². The molecular weight excluding hydrogens is 342 g/mol. The Morgan fingerprint density at radius 3 is 2.65 bits per heavy atom. The number of nitrogens with zero attached hydrogens (tertiary/aromatic N) is 2. The molecule has 0 fully saturated rings. The number of aromatic amines is 1. The van der Waals surface area contributed by atoms with E-state index in [1.54, 1.807) is 13.1 Å². The Morgan fingerprint density at radius 2 is 2.13 bits per heavy atom. The minimum absolute atomic E-state index is 0.0915. The van der Waals surface area contributed by atoms with E-state index >= 15 is 0 Å². The van der Waals surface area contributed by atoms with Gasteiger partial charge in [0.25, 0.3) is 5.56 Å². The third kappa shape index (κ3) is 2.79. The molecule has 2 heterocycles.